The van der Waals surface area contributed by atoms with Crippen molar-refractivity contribution in [3.63, 3.8) is 0 Å². The van der Waals surface area contributed by atoms with E-state index >= 15 is 0 Å². The third-order valence-corrected chi connectivity index (χ3v) is 3.16. The van der Waals surface area contributed by atoms with Gasteiger partial charge in [0.05, 0.1) is 13.2 Å². The molecule has 2 N–H and O–H groups in total. The largest absolute Gasteiger partial charge is 0.493 e. The molecule has 0 saturated heterocycles. The molecule has 0 amide bonds. The zero-order chi connectivity index (χ0) is 15.1. The first kappa shape index (κ1) is 19.1. The van der Waals surface area contributed by atoms with Gasteiger partial charge in [0.25, 0.3) is 0 Å². The van der Waals surface area contributed by atoms with Crippen molar-refractivity contribution in [1.82, 2.24) is 10.6 Å². The summed E-state index contributed by atoms with van der Waals surface area (Å²) in [6.45, 7) is 8.70. The average molecular weight is 417 g/mol. The van der Waals surface area contributed by atoms with Crippen LogP contribution in [-0.2, 0) is 6.54 Å². The lowest BCUT2D eigenvalue weighted by molar-refractivity contribution is 0.271. The molecule has 1 aromatic rings. The van der Waals surface area contributed by atoms with E-state index in [4.69, 9.17) is 4.74 Å². The van der Waals surface area contributed by atoms with Crippen molar-refractivity contribution in [2.45, 2.75) is 46.2 Å². The summed E-state index contributed by atoms with van der Waals surface area (Å²) in [5.41, 5.74) is 1.17. The van der Waals surface area contributed by atoms with Crippen molar-refractivity contribution in [3.05, 3.63) is 29.8 Å². The lowest BCUT2D eigenvalue weighted by atomic mass is 10.2. The summed E-state index contributed by atoms with van der Waals surface area (Å²) in [6.07, 6.45) is 2.51. The number of nitrogens with one attached hydrogen (secondary N) is 2. The molecular formula is C17H28IN3O. The van der Waals surface area contributed by atoms with Gasteiger partial charge in [0.15, 0.2) is 5.96 Å². The summed E-state index contributed by atoms with van der Waals surface area (Å²) in [5, 5.41) is 6.71. The first-order chi connectivity index (χ1) is 10.2. The van der Waals surface area contributed by atoms with Gasteiger partial charge in [-0.15, -0.1) is 24.0 Å². The molecule has 0 aliphatic heterocycles. The number of hydrogen-bond donors (Lipinski definition) is 2. The second-order valence-corrected chi connectivity index (χ2v) is 5.97. The number of nitrogens with zero attached hydrogens (tertiary/aromatic N) is 1. The molecule has 1 fully saturated rings. The van der Waals surface area contributed by atoms with E-state index in [2.05, 4.69) is 48.5 Å². The second-order valence-electron chi connectivity index (χ2n) is 5.97. The van der Waals surface area contributed by atoms with E-state index in [0.717, 1.165) is 24.9 Å². The number of ether oxygens (including phenoxy) is 1. The Morgan fingerprint density at radius 1 is 1.36 bits per heavy atom. The van der Waals surface area contributed by atoms with Gasteiger partial charge in [-0.05, 0) is 43.4 Å². The molecule has 1 aliphatic rings. The number of benzene rings is 1. The number of guanidine groups is 1. The van der Waals surface area contributed by atoms with E-state index in [0.29, 0.717) is 18.5 Å². The highest BCUT2D eigenvalue weighted by molar-refractivity contribution is 14.0. The Bertz CT molecular complexity index is 473. The minimum atomic E-state index is 0. The monoisotopic (exact) mass is 417 g/mol. The van der Waals surface area contributed by atoms with Crippen molar-refractivity contribution in [2.24, 2.45) is 10.9 Å². The van der Waals surface area contributed by atoms with E-state index < -0.39 is 0 Å². The molecule has 1 aliphatic carbocycles. The van der Waals surface area contributed by atoms with E-state index in [1.807, 2.05) is 12.1 Å². The molecule has 2 rings (SSSR count). The average Bonchev–Trinajstić information content (AvgIpc) is 3.27. The smallest absolute Gasteiger partial charge is 0.191 e. The van der Waals surface area contributed by atoms with Gasteiger partial charge in [0.2, 0.25) is 0 Å². The molecule has 5 heteroatoms. The van der Waals surface area contributed by atoms with E-state index in [1.165, 1.54) is 18.4 Å². The Morgan fingerprint density at radius 2 is 2.14 bits per heavy atom. The quantitative estimate of drug-likeness (QED) is 0.405. The van der Waals surface area contributed by atoms with Gasteiger partial charge in [-0.2, -0.15) is 0 Å². The van der Waals surface area contributed by atoms with Gasteiger partial charge in [0, 0.05) is 12.6 Å². The predicted octanol–water partition coefficient (Wildman–Crippen LogP) is 3.56. The van der Waals surface area contributed by atoms with Gasteiger partial charge >= 0.3 is 0 Å². The normalized spacial score (nSPS) is 14.5. The molecular weight excluding hydrogens is 389 g/mol. The van der Waals surface area contributed by atoms with Crippen LogP contribution in [0.25, 0.3) is 0 Å². The summed E-state index contributed by atoms with van der Waals surface area (Å²) in [4.78, 5) is 4.64. The van der Waals surface area contributed by atoms with Crippen molar-refractivity contribution in [1.29, 1.82) is 0 Å². The van der Waals surface area contributed by atoms with Crippen molar-refractivity contribution < 1.29 is 4.74 Å². The Labute approximate surface area is 151 Å². The lowest BCUT2D eigenvalue weighted by Crippen LogP contribution is -2.38. The topological polar surface area (TPSA) is 45.7 Å². The zero-order valence-corrected chi connectivity index (χ0v) is 16.1. The highest BCUT2D eigenvalue weighted by Gasteiger charge is 2.21. The molecule has 0 spiro atoms. The Hall–Kier alpha value is -0.980. The second kappa shape index (κ2) is 9.92. The SMILES string of the molecule is CCNC(=NCc1cccc(OCC(C)C)c1)NC1CC1.I. The van der Waals surface area contributed by atoms with Crippen LogP contribution in [0.15, 0.2) is 29.3 Å². The van der Waals surface area contributed by atoms with Gasteiger partial charge in [-0.25, -0.2) is 4.99 Å². The first-order valence-electron chi connectivity index (χ1n) is 7.94. The van der Waals surface area contributed by atoms with Crippen LogP contribution in [0.5, 0.6) is 5.75 Å². The fourth-order valence-electron chi connectivity index (χ4n) is 1.91. The van der Waals surface area contributed by atoms with Crippen LogP contribution in [-0.4, -0.2) is 25.2 Å². The predicted molar refractivity (Wildman–Crippen MR) is 103 cm³/mol. The summed E-state index contributed by atoms with van der Waals surface area (Å²) in [6, 6.07) is 8.81. The van der Waals surface area contributed by atoms with Crippen LogP contribution in [0.3, 0.4) is 0 Å². The summed E-state index contributed by atoms with van der Waals surface area (Å²) >= 11 is 0. The van der Waals surface area contributed by atoms with E-state index in [9.17, 15) is 0 Å². The van der Waals surface area contributed by atoms with Crippen molar-refractivity contribution >= 4 is 29.9 Å². The van der Waals surface area contributed by atoms with Crippen LogP contribution in [0.2, 0.25) is 0 Å². The number of hydrogen-bond acceptors (Lipinski definition) is 2. The molecule has 0 bridgehead atoms. The molecule has 0 atom stereocenters. The van der Waals surface area contributed by atoms with E-state index in [1.54, 1.807) is 0 Å². The molecule has 0 radical (unpaired) electrons. The maximum absolute atomic E-state index is 5.76. The number of rotatable bonds is 7. The molecule has 4 nitrogen and oxygen atoms in total. The Balaban J connectivity index is 0.00000242. The molecule has 0 heterocycles. The van der Waals surface area contributed by atoms with Gasteiger partial charge in [-0.1, -0.05) is 26.0 Å². The van der Waals surface area contributed by atoms with Crippen LogP contribution >= 0.6 is 24.0 Å². The zero-order valence-electron chi connectivity index (χ0n) is 13.8. The van der Waals surface area contributed by atoms with Crippen molar-refractivity contribution in [3.8, 4) is 5.75 Å². The van der Waals surface area contributed by atoms with Crippen molar-refractivity contribution in [2.75, 3.05) is 13.2 Å². The summed E-state index contributed by atoms with van der Waals surface area (Å²) < 4.78 is 5.76. The number of aliphatic imine (C=N–C) groups is 1. The molecule has 22 heavy (non-hydrogen) atoms. The van der Waals surface area contributed by atoms with Crippen LogP contribution < -0.4 is 15.4 Å². The van der Waals surface area contributed by atoms with Gasteiger partial charge in [0.1, 0.15) is 5.75 Å². The third kappa shape index (κ3) is 7.33. The summed E-state index contributed by atoms with van der Waals surface area (Å²) in [5.74, 6) is 2.37. The number of halogens is 1. The minimum absolute atomic E-state index is 0. The fourth-order valence-corrected chi connectivity index (χ4v) is 1.91. The molecule has 0 unspecified atom stereocenters. The highest BCUT2D eigenvalue weighted by atomic mass is 127. The minimum Gasteiger partial charge on any atom is -0.493 e. The molecule has 1 saturated carbocycles. The maximum Gasteiger partial charge on any atom is 0.191 e. The Kier molecular flexibility index (Phi) is 8.60. The van der Waals surface area contributed by atoms with Gasteiger partial charge < -0.3 is 15.4 Å². The van der Waals surface area contributed by atoms with Crippen LogP contribution in [0.1, 0.15) is 39.2 Å². The lowest BCUT2D eigenvalue weighted by Gasteiger charge is -2.11. The maximum atomic E-state index is 5.76. The summed E-state index contributed by atoms with van der Waals surface area (Å²) in [7, 11) is 0. The standard InChI is InChI=1S/C17H27N3O.HI/c1-4-18-17(20-15-8-9-15)19-11-14-6-5-7-16(10-14)21-12-13(2)3;/h5-7,10,13,15H,4,8-9,11-12H2,1-3H3,(H2,18,19,20);1H. The van der Waals surface area contributed by atoms with E-state index in [-0.39, 0.29) is 24.0 Å². The fraction of sp³-hybridized carbons (Fsp3) is 0.588. The van der Waals surface area contributed by atoms with Crippen LogP contribution in [0.4, 0.5) is 0 Å². The molecule has 124 valence electrons. The van der Waals surface area contributed by atoms with Gasteiger partial charge in [-0.3, -0.25) is 0 Å². The molecule has 1 aromatic carbocycles. The molecule has 0 aromatic heterocycles. The third-order valence-electron chi connectivity index (χ3n) is 3.16. The van der Waals surface area contributed by atoms with Crippen LogP contribution in [0, 0.1) is 5.92 Å². The first-order valence-corrected chi connectivity index (χ1v) is 7.94. The highest BCUT2D eigenvalue weighted by Crippen LogP contribution is 2.18. The Morgan fingerprint density at radius 3 is 2.77 bits per heavy atom.